The first-order valence-electron chi connectivity index (χ1n) is 7.72. The van der Waals surface area contributed by atoms with E-state index in [1.165, 1.54) is 47.3 Å². The van der Waals surface area contributed by atoms with Crippen molar-refractivity contribution in [3.63, 3.8) is 0 Å². The van der Waals surface area contributed by atoms with Gasteiger partial charge in [-0.3, -0.25) is 4.79 Å². The summed E-state index contributed by atoms with van der Waals surface area (Å²) in [6.07, 6.45) is -3.08. The van der Waals surface area contributed by atoms with Gasteiger partial charge >= 0.3 is 6.18 Å². The molecule has 0 aliphatic rings. The second kappa shape index (κ2) is 7.48. The van der Waals surface area contributed by atoms with Crippen molar-refractivity contribution >= 4 is 11.6 Å². The fourth-order valence-corrected chi connectivity index (χ4v) is 2.22. The van der Waals surface area contributed by atoms with Crippen molar-refractivity contribution in [3.05, 3.63) is 77.9 Å². The molecule has 1 N–H and O–H groups in total. The molecule has 0 saturated heterocycles. The fourth-order valence-electron chi connectivity index (χ4n) is 2.22. The summed E-state index contributed by atoms with van der Waals surface area (Å²) in [5.74, 6) is -1.19. The Bertz CT molecular complexity index is 954. The summed E-state index contributed by atoms with van der Waals surface area (Å²) in [5.41, 5.74) is -0.902. The number of carbonyl (C=O) groups excluding carboxylic acids is 1. The third kappa shape index (κ3) is 4.63. The van der Waals surface area contributed by atoms with Crippen molar-refractivity contribution in [1.29, 1.82) is 0 Å². The predicted octanol–water partition coefficient (Wildman–Crippen LogP) is 4.33. The van der Waals surface area contributed by atoms with Gasteiger partial charge in [-0.25, -0.2) is 9.07 Å². The number of nitrogens with one attached hydrogen (secondary N) is 1. The van der Waals surface area contributed by atoms with Crippen LogP contribution in [0.3, 0.4) is 0 Å². The molecule has 0 spiro atoms. The first kappa shape index (κ1) is 18.4. The van der Waals surface area contributed by atoms with Gasteiger partial charge in [-0.1, -0.05) is 18.2 Å². The zero-order chi connectivity index (χ0) is 19.4. The van der Waals surface area contributed by atoms with Gasteiger partial charge in [0, 0.05) is 11.9 Å². The molecular formula is C18H13F4N3O2. The van der Waals surface area contributed by atoms with E-state index in [-0.39, 0.29) is 23.9 Å². The van der Waals surface area contributed by atoms with Crippen LogP contribution in [0.5, 0.6) is 5.75 Å². The maximum Gasteiger partial charge on any atom is 0.416 e. The van der Waals surface area contributed by atoms with E-state index in [0.717, 1.165) is 12.1 Å². The van der Waals surface area contributed by atoms with E-state index in [0.29, 0.717) is 0 Å². The van der Waals surface area contributed by atoms with Gasteiger partial charge in [-0.15, -0.1) is 0 Å². The molecule has 140 valence electrons. The lowest BCUT2D eigenvalue weighted by Crippen LogP contribution is -2.15. The topological polar surface area (TPSA) is 56.2 Å². The van der Waals surface area contributed by atoms with Crippen molar-refractivity contribution < 1.29 is 27.1 Å². The normalized spacial score (nSPS) is 11.3. The van der Waals surface area contributed by atoms with Crippen LogP contribution in [0.4, 0.5) is 23.2 Å². The molecular weight excluding hydrogens is 366 g/mol. The Morgan fingerprint density at radius 1 is 1.11 bits per heavy atom. The minimum atomic E-state index is -4.51. The lowest BCUT2D eigenvalue weighted by Gasteiger charge is -2.09. The molecule has 5 nitrogen and oxygen atoms in total. The lowest BCUT2D eigenvalue weighted by molar-refractivity contribution is -0.137. The second-order valence-electron chi connectivity index (χ2n) is 5.48. The number of carbonyl (C=O) groups is 1. The summed E-state index contributed by atoms with van der Waals surface area (Å²) in [4.78, 5) is 12.1. The van der Waals surface area contributed by atoms with Crippen LogP contribution in [-0.4, -0.2) is 15.7 Å². The number of halogens is 4. The van der Waals surface area contributed by atoms with E-state index in [1.807, 2.05) is 0 Å². The molecule has 0 bridgehead atoms. The summed E-state index contributed by atoms with van der Waals surface area (Å²) in [5, 5.41) is 6.31. The molecule has 1 aromatic heterocycles. The van der Waals surface area contributed by atoms with Crippen molar-refractivity contribution in [2.24, 2.45) is 0 Å². The van der Waals surface area contributed by atoms with Crippen LogP contribution in [0.25, 0.3) is 0 Å². The number of hydrogen-bond acceptors (Lipinski definition) is 3. The van der Waals surface area contributed by atoms with Crippen molar-refractivity contribution in [2.75, 3.05) is 5.32 Å². The van der Waals surface area contributed by atoms with Crippen LogP contribution in [-0.2, 0) is 12.9 Å². The van der Waals surface area contributed by atoms with Gasteiger partial charge in [0.25, 0.3) is 5.91 Å². The maximum atomic E-state index is 13.5. The highest BCUT2D eigenvalue weighted by molar-refractivity contribution is 6.02. The molecule has 0 fully saturated rings. The van der Waals surface area contributed by atoms with Crippen molar-refractivity contribution in [2.45, 2.75) is 12.9 Å². The Kier molecular flexibility index (Phi) is 5.11. The predicted molar refractivity (Wildman–Crippen MR) is 88.7 cm³/mol. The van der Waals surface area contributed by atoms with Gasteiger partial charge in [0.05, 0.1) is 5.56 Å². The van der Waals surface area contributed by atoms with Crippen LogP contribution < -0.4 is 10.1 Å². The van der Waals surface area contributed by atoms with E-state index >= 15 is 0 Å². The molecule has 9 heteroatoms. The van der Waals surface area contributed by atoms with E-state index in [1.54, 1.807) is 6.07 Å². The molecule has 0 unspecified atom stereocenters. The number of hydrogen-bond donors (Lipinski definition) is 1. The van der Waals surface area contributed by atoms with Gasteiger partial charge in [-0.05, 0) is 36.4 Å². The second-order valence-corrected chi connectivity index (χ2v) is 5.48. The number of amides is 1. The van der Waals surface area contributed by atoms with Crippen LogP contribution in [0.2, 0.25) is 0 Å². The minimum absolute atomic E-state index is 0.00742. The summed E-state index contributed by atoms with van der Waals surface area (Å²) < 4.78 is 58.1. The number of para-hydroxylation sites is 1. The number of anilines is 1. The molecule has 0 radical (unpaired) electrons. The molecule has 0 atom stereocenters. The minimum Gasteiger partial charge on any atom is -0.468 e. The van der Waals surface area contributed by atoms with Crippen LogP contribution in [0.1, 0.15) is 16.1 Å². The van der Waals surface area contributed by atoms with Crippen LogP contribution in [0.15, 0.2) is 60.8 Å². The highest BCUT2D eigenvalue weighted by atomic mass is 19.4. The van der Waals surface area contributed by atoms with E-state index in [2.05, 4.69) is 10.4 Å². The third-order valence-electron chi connectivity index (χ3n) is 3.51. The van der Waals surface area contributed by atoms with Gasteiger partial charge in [0.2, 0.25) is 0 Å². The smallest absolute Gasteiger partial charge is 0.416 e. The zero-order valence-corrected chi connectivity index (χ0v) is 13.7. The molecule has 0 saturated carbocycles. The van der Waals surface area contributed by atoms with Gasteiger partial charge in [0.15, 0.2) is 24.0 Å². The van der Waals surface area contributed by atoms with Crippen molar-refractivity contribution in [1.82, 2.24) is 9.78 Å². The Labute approximate surface area is 151 Å². The SMILES string of the molecule is O=C(Nc1cccc(C(F)(F)F)c1)c1ccn(COc2ccccc2F)n1. The number of nitrogens with zero attached hydrogens (tertiary/aromatic N) is 2. The van der Waals surface area contributed by atoms with Crippen molar-refractivity contribution in [3.8, 4) is 5.75 Å². The summed E-state index contributed by atoms with van der Waals surface area (Å²) >= 11 is 0. The largest absolute Gasteiger partial charge is 0.468 e. The molecule has 2 aromatic carbocycles. The number of alkyl halides is 3. The molecule has 0 aliphatic heterocycles. The number of rotatable bonds is 5. The summed E-state index contributed by atoms with van der Waals surface area (Å²) in [6.45, 7) is -0.141. The number of ether oxygens (including phenoxy) is 1. The summed E-state index contributed by atoms with van der Waals surface area (Å²) in [7, 11) is 0. The first-order chi connectivity index (χ1) is 12.8. The monoisotopic (exact) mass is 379 g/mol. The third-order valence-corrected chi connectivity index (χ3v) is 3.51. The average molecular weight is 379 g/mol. The standard InChI is InChI=1S/C18H13F4N3O2/c19-14-6-1-2-7-16(14)27-11-25-9-8-15(24-25)17(26)23-13-5-3-4-12(10-13)18(20,21)22/h1-10H,11H2,(H,23,26). The number of benzene rings is 2. The molecule has 1 amide bonds. The van der Waals surface area contributed by atoms with E-state index < -0.39 is 23.5 Å². The Balaban J connectivity index is 1.64. The average Bonchev–Trinajstić information content (AvgIpc) is 3.10. The van der Waals surface area contributed by atoms with Gasteiger partial charge in [0.1, 0.15) is 0 Å². The molecule has 1 heterocycles. The highest BCUT2D eigenvalue weighted by Gasteiger charge is 2.30. The van der Waals surface area contributed by atoms with Crippen LogP contribution in [0, 0.1) is 5.82 Å². The Hall–Kier alpha value is -3.36. The number of aromatic nitrogens is 2. The first-order valence-corrected chi connectivity index (χ1v) is 7.72. The molecule has 3 aromatic rings. The fraction of sp³-hybridized carbons (Fsp3) is 0.111. The Morgan fingerprint density at radius 2 is 1.89 bits per heavy atom. The van der Waals surface area contributed by atoms with Gasteiger partial charge in [-0.2, -0.15) is 18.3 Å². The molecule has 3 rings (SSSR count). The van der Waals surface area contributed by atoms with E-state index in [9.17, 15) is 22.4 Å². The summed E-state index contributed by atoms with van der Waals surface area (Å²) in [6, 6.07) is 11.5. The maximum absolute atomic E-state index is 13.5. The molecule has 0 aliphatic carbocycles. The lowest BCUT2D eigenvalue weighted by atomic mass is 10.2. The Morgan fingerprint density at radius 3 is 2.63 bits per heavy atom. The zero-order valence-electron chi connectivity index (χ0n) is 13.7. The quantitative estimate of drug-likeness (QED) is 0.672. The van der Waals surface area contributed by atoms with E-state index in [4.69, 9.17) is 4.74 Å². The van der Waals surface area contributed by atoms with Gasteiger partial charge < -0.3 is 10.1 Å². The van der Waals surface area contributed by atoms with Crippen LogP contribution >= 0.6 is 0 Å². The highest BCUT2D eigenvalue weighted by Crippen LogP contribution is 2.30. The molecule has 27 heavy (non-hydrogen) atoms.